The minimum atomic E-state index is -0.355. The molecule has 0 aliphatic carbocycles. The van der Waals surface area contributed by atoms with E-state index in [1.165, 1.54) is 12.2 Å². The molecule has 0 radical (unpaired) electrons. The number of hydrogen-bond acceptors (Lipinski definition) is 5. The number of quaternary nitrogens is 2. The largest absolute Gasteiger partial charge is 0.297 e. The molecule has 0 N–H and O–H groups in total. The maximum atomic E-state index is 10.9. The van der Waals surface area contributed by atoms with Crippen molar-refractivity contribution in [2.75, 3.05) is 39.3 Å². The molecule has 7 heteroatoms. The Balaban J connectivity index is 5.60. The molecule has 0 atom stereocenters. The fraction of sp³-hybridized carbons (Fsp3) is 0.429. The van der Waals surface area contributed by atoms with Gasteiger partial charge in [-0.2, -0.15) is 0 Å². The van der Waals surface area contributed by atoms with E-state index in [2.05, 4.69) is 13.2 Å². The van der Waals surface area contributed by atoms with Crippen molar-refractivity contribution in [2.24, 2.45) is 0 Å². The van der Waals surface area contributed by atoms with Crippen molar-refractivity contribution in [3.8, 4) is 0 Å². The van der Waals surface area contributed by atoms with Crippen LogP contribution in [0.3, 0.4) is 0 Å². The van der Waals surface area contributed by atoms with Crippen LogP contribution in [0.15, 0.2) is 25.3 Å². The molecule has 0 aromatic heterocycles. The van der Waals surface area contributed by atoms with E-state index in [9.17, 15) is 19.2 Å². The third kappa shape index (κ3) is 5.90. The topological polar surface area (TPSA) is 77.5 Å². The van der Waals surface area contributed by atoms with Crippen LogP contribution in [0.2, 0.25) is 0 Å². The number of carbonyl (C=O) groups excluding carboxylic acids is 4. The first-order valence-electron chi connectivity index (χ1n) is 6.47. The molecule has 0 unspecified atom stereocenters. The van der Waals surface area contributed by atoms with Gasteiger partial charge < -0.3 is 0 Å². The van der Waals surface area contributed by atoms with Crippen LogP contribution in [0.1, 0.15) is 0 Å². The molecule has 0 aromatic carbocycles. The van der Waals surface area contributed by atoms with Crippen molar-refractivity contribution in [1.82, 2.24) is 0 Å². The number of rotatable bonds is 14. The molecule has 0 spiro atoms. The lowest BCUT2D eigenvalue weighted by molar-refractivity contribution is -1.33. The Morgan fingerprint density at radius 2 is 0.905 bits per heavy atom. The van der Waals surface area contributed by atoms with Gasteiger partial charge in [-0.25, -0.2) is 0 Å². The van der Waals surface area contributed by atoms with E-state index in [-0.39, 0.29) is 48.6 Å². The summed E-state index contributed by atoms with van der Waals surface area (Å²) in [6.07, 6.45) is 5.51. The minimum absolute atomic E-state index is 0.0976. The van der Waals surface area contributed by atoms with E-state index in [1.807, 2.05) is 0 Å². The van der Waals surface area contributed by atoms with Crippen LogP contribution in [0.25, 0.3) is 0 Å². The van der Waals surface area contributed by atoms with Gasteiger partial charge in [0.25, 0.3) is 0 Å². The van der Waals surface area contributed by atoms with Crippen molar-refractivity contribution in [3.05, 3.63) is 25.3 Å². The Morgan fingerprint density at radius 1 is 0.619 bits per heavy atom. The average molecular weight is 298 g/mol. The summed E-state index contributed by atoms with van der Waals surface area (Å²) in [4.78, 5) is 49.5. The number of carbonyl (C=O) groups is 4. The first-order chi connectivity index (χ1) is 10.1. The van der Waals surface area contributed by atoms with Crippen molar-refractivity contribution in [1.29, 1.82) is 0 Å². The van der Waals surface area contributed by atoms with Gasteiger partial charge in [-0.15, -0.1) is 9.29 Å². The molecule has 21 heavy (non-hydrogen) atoms. The molecular formula is C14H22N2O5+2. The third-order valence-corrected chi connectivity index (χ3v) is 2.90. The van der Waals surface area contributed by atoms with Crippen molar-refractivity contribution >= 4 is 25.1 Å². The summed E-state index contributed by atoms with van der Waals surface area (Å²) < 4.78 is -0.710. The normalized spacial score (nSPS) is 11.4. The van der Waals surface area contributed by atoms with Crippen LogP contribution in [0, 0.1) is 0 Å². The molecule has 0 saturated heterocycles. The third-order valence-electron chi connectivity index (χ3n) is 2.90. The predicted octanol–water partition coefficient (Wildman–Crippen LogP) is -0.366. The summed E-state index contributed by atoms with van der Waals surface area (Å²) in [5.41, 5.74) is 0. The fourth-order valence-electron chi connectivity index (χ4n) is 2.03. The Labute approximate surface area is 124 Å². The molecule has 0 bridgehead atoms. The number of hydrogen-bond donors (Lipinski definition) is 0. The highest BCUT2D eigenvalue weighted by atomic mass is 16.9. The minimum Gasteiger partial charge on any atom is -0.297 e. The van der Waals surface area contributed by atoms with Crippen LogP contribution in [0.5, 0.6) is 0 Å². The number of hydroxylamine groups is 6. The van der Waals surface area contributed by atoms with E-state index < -0.39 is 0 Å². The van der Waals surface area contributed by atoms with Gasteiger partial charge in [0, 0.05) is 0 Å². The first kappa shape index (κ1) is 19.0. The maximum Gasteiger partial charge on any atom is 0.177 e. The Hall–Kier alpha value is -1.96. The SMILES string of the molecule is C=CC[N+](CC=O)(CC=O)O[N+](CC=C)(CC=O)CC=O. The van der Waals surface area contributed by atoms with E-state index in [1.54, 1.807) is 0 Å². The van der Waals surface area contributed by atoms with E-state index in [0.717, 1.165) is 0 Å². The molecule has 7 nitrogen and oxygen atoms in total. The van der Waals surface area contributed by atoms with Gasteiger partial charge in [-0.1, -0.05) is 13.2 Å². The van der Waals surface area contributed by atoms with Crippen LogP contribution in [-0.4, -0.2) is 73.7 Å². The van der Waals surface area contributed by atoms with Gasteiger partial charge in [0.15, 0.2) is 51.3 Å². The quantitative estimate of drug-likeness (QED) is 0.189. The standard InChI is InChI=1S/C14H22N2O5/c1-3-5-15(7-11-17,8-12-18)21-16(6-4-2,9-13-19)10-14-20/h3-4,11-14H,1-2,5-10H2/q+2. The lowest BCUT2D eigenvalue weighted by Crippen LogP contribution is -2.63. The zero-order valence-electron chi connectivity index (χ0n) is 12.1. The molecule has 0 aliphatic rings. The monoisotopic (exact) mass is 298 g/mol. The zero-order chi connectivity index (χ0) is 16.2. The van der Waals surface area contributed by atoms with Crippen LogP contribution in [0.4, 0.5) is 0 Å². The Morgan fingerprint density at radius 3 is 1.10 bits per heavy atom. The molecular weight excluding hydrogens is 276 g/mol. The van der Waals surface area contributed by atoms with Gasteiger partial charge >= 0.3 is 0 Å². The van der Waals surface area contributed by atoms with Crippen LogP contribution < -0.4 is 0 Å². The predicted molar refractivity (Wildman–Crippen MR) is 75.5 cm³/mol. The first-order valence-corrected chi connectivity index (χ1v) is 6.47. The second-order valence-electron chi connectivity index (χ2n) is 4.54. The molecule has 0 heterocycles. The highest BCUT2D eigenvalue weighted by Gasteiger charge is 2.42. The second-order valence-corrected chi connectivity index (χ2v) is 4.54. The summed E-state index contributed by atoms with van der Waals surface area (Å²) in [6.45, 7) is 7.15. The van der Waals surface area contributed by atoms with E-state index in [4.69, 9.17) is 4.94 Å². The summed E-state index contributed by atoms with van der Waals surface area (Å²) in [5, 5.41) is 0. The zero-order valence-corrected chi connectivity index (χ0v) is 12.1. The van der Waals surface area contributed by atoms with E-state index >= 15 is 0 Å². The molecule has 0 amide bonds. The second kappa shape index (κ2) is 9.87. The summed E-state index contributed by atoms with van der Waals surface area (Å²) in [6, 6.07) is 0. The molecule has 0 aromatic rings. The van der Waals surface area contributed by atoms with Crippen molar-refractivity contribution < 1.29 is 33.4 Å². The lowest BCUT2D eigenvalue weighted by Gasteiger charge is -2.38. The fourth-order valence-corrected chi connectivity index (χ4v) is 2.03. The highest BCUT2D eigenvalue weighted by molar-refractivity contribution is 5.54. The number of aldehydes is 4. The van der Waals surface area contributed by atoms with Gasteiger partial charge in [0.05, 0.1) is 0 Å². The van der Waals surface area contributed by atoms with Gasteiger partial charge in [-0.3, -0.25) is 19.2 Å². The van der Waals surface area contributed by atoms with Crippen LogP contribution in [-0.2, 0) is 24.1 Å². The molecule has 0 fully saturated rings. The van der Waals surface area contributed by atoms with Gasteiger partial charge in [-0.05, 0) is 17.1 Å². The van der Waals surface area contributed by atoms with Crippen molar-refractivity contribution in [2.45, 2.75) is 0 Å². The summed E-state index contributed by atoms with van der Waals surface area (Å²) >= 11 is 0. The molecule has 0 saturated carbocycles. The Kier molecular flexibility index (Phi) is 8.95. The highest BCUT2D eigenvalue weighted by Crippen LogP contribution is 2.17. The molecule has 0 rings (SSSR count). The van der Waals surface area contributed by atoms with E-state index in [0.29, 0.717) is 25.1 Å². The average Bonchev–Trinajstić information content (AvgIpc) is 2.40. The van der Waals surface area contributed by atoms with Gasteiger partial charge in [0.2, 0.25) is 0 Å². The summed E-state index contributed by atoms with van der Waals surface area (Å²) in [7, 11) is 0. The molecule has 0 aliphatic heterocycles. The molecule has 116 valence electrons. The van der Waals surface area contributed by atoms with Crippen molar-refractivity contribution in [3.63, 3.8) is 0 Å². The Bertz CT molecular complexity index is 306. The summed E-state index contributed by atoms with van der Waals surface area (Å²) in [5.74, 6) is 0. The number of nitrogens with zero attached hydrogens (tertiary/aromatic N) is 2. The van der Waals surface area contributed by atoms with Crippen LogP contribution >= 0.6 is 0 Å². The lowest BCUT2D eigenvalue weighted by atomic mass is 10.4. The maximum absolute atomic E-state index is 10.9. The van der Waals surface area contributed by atoms with Gasteiger partial charge in [0.1, 0.15) is 13.1 Å². The smallest absolute Gasteiger partial charge is 0.177 e.